The van der Waals surface area contributed by atoms with Gasteiger partial charge in [-0.05, 0) is 38.1 Å². The lowest BCUT2D eigenvalue weighted by molar-refractivity contribution is 0.232. The van der Waals surface area contributed by atoms with Gasteiger partial charge in [0.15, 0.2) is 5.03 Å². The summed E-state index contributed by atoms with van der Waals surface area (Å²) in [7, 11) is -3.60. The van der Waals surface area contributed by atoms with Gasteiger partial charge in [0, 0.05) is 19.3 Å². The first-order valence-corrected chi connectivity index (χ1v) is 8.00. The minimum atomic E-state index is -3.60. The Bertz CT molecular complexity index is 512. The Morgan fingerprint density at radius 2 is 2.05 bits per heavy atom. The largest absolute Gasteiger partial charge is 0.396 e. The van der Waals surface area contributed by atoms with E-state index in [0.29, 0.717) is 6.54 Å². The number of hydrogen-bond acceptors (Lipinski definition) is 5. The van der Waals surface area contributed by atoms with E-state index in [1.165, 1.54) is 31.5 Å². The summed E-state index contributed by atoms with van der Waals surface area (Å²) in [6, 6.07) is 3.15. The van der Waals surface area contributed by atoms with Crippen molar-refractivity contribution in [2.75, 3.05) is 31.9 Å². The molecular formula is C12H20N4O2S. The minimum absolute atomic E-state index is 0.0892. The van der Waals surface area contributed by atoms with Gasteiger partial charge in [-0.1, -0.05) is 6.42 Å². The zero-order valence-electron chi connectivity index (χ0n) is 10.9. The number of nitrogens with zero attached hydrogens (tertiary/aromatic N) is 2. The molecule has 0 amide bonds. The second-order valence-electron chi connectivity index (χ2n) is 4.70. The van der Waals surface area contributed by atoms with Gasteiger partial charge in [0.25, 0.3) is 10.0 Å². The molecule has 0 spiro atoms. The summed E-state index contributed by atoms with van der Waals surface area (Å²) in [5.41, 5.74) is 5.80. The maximum atomic E-state index is 12.0. The molecule has 6 nitrogen and oxygen atoms in total. The van der Waals surface area contributed by atoms with Crippen molar-refractivity contribution < 1.29 is 8.42 Å². The lowest BCUT2D eigenvalue weighted by atomic mass is 10.1. The van der Waals surface area contributed by atoms with Gasteiger partial charge in [0.1, 0.15) is 0 Å². The van der Waals surface area contributed by atoms with Gasteiger partial charge in [-0.15, -0.1) is 0 Å². The van der Waals surface area contributed by atoms with E-state index in [2.05, 4.69) is 14.6 Å². The molecule has 0 radical (unpaired) electrons. The van der Waals surface area contributed by atoms with Crippen LogP contribution in [-0.4, -0.2) is 44.5 Å². The third-order valence-corrected chi connectivity index (χ3v) is 4.66. The van der Waals surface area contributed by atoms with Crippen LogP contribution in [0.1, 0.15) is 19.3 Å². The molecule has 0 unspecified atom stereocenters. The van der Waals surface area contributed by atoms with Crippen LogP contribution in [0.25, 0.3) is 0 Å². The van der Waals surface area contributed by atoms with Crippen LogP contribution in [0.2, 0.25) is 0 Å². The smallest absolute Gasteiger partial charge is 0.260 e. The Hall–Kier alpha value is -1.18. The van der Waals surface area contributed by atoms with E-state index in [1.54, 1.807) is 6.07 Å². The average Bonchev–Trinajstić information content (AvgIpc) is 2.40. The number of pyridine rings is 1. The van der Waals surface area contributed by atoms with Gasteiger partial charge in [0.2, 0.25) is 0 Å². The quantitative estimate of drug-likeness (QED) is 0.818. The second kappa shape index (κ2) is 6.31. The van der Waals surface area contributed by atoms with Gasteiger partial charge in [-0.2, -0.15) is 0 Å². The number of anilines is 1. The van der Waals surface area contributed by atoms with E-state index in [9.17, 15) is 8.42 Å². The maximum Gasteiger partial charge on any atom is 0.260 e. The van der Waals surface area contributed by atoms with Crippen molar-refractivity contribution in [2.24, 2.45) is 0 Å². The summed E-state index contributed by atoms with van der Waals surface area (Å²) >= 11 is 0. The molecule has 19 heavy (non-hydrogen) atoms. The summed E-state index contributed by atoms with van der Waals surface area (Å²) in [5, 5.41) is -0.0892. The number of likely N-dealkylation sites (tertiary alicyclic amines) is 1. The first-order valence-electron chi connectivity index (χ1n) is 6.52. The zero-order chi connectivity index (χ0) is 13.7. The SMILES string of the molecule is Nc1cccnc1S(=O)(=O)NCCN1CCCCC1. The van der Waals surface area contributed by atoms with Crippen LogP contribution in [0, 0.1) is 0 Å². The Labute approximate surface area is 114 Å². The Kier molecular flexibility index (Phi) is 4.73. The molecule has 1 saturated heterocycles. The van der Waals surface area contributed by atoms with E-state index in [4.69, 9.17) is 5.73 Å². The number of nitrogens with two attached hydrogens (primary N) is 1. The molecule has 106 valence electrons. The van der Waals surface area contributed by atoms with Crippen molar-refractivity contribution in [1.82, 2.24) is 14.6 Å². The highest BCUT2D eigenvalue weighted by atomic mass is 32.2. The molecule has 3 N–H and O–H groups in total. The lowest BCUT2D eigenvalue weighted by Gasteiger charge is -2.26. The van der Waals surface area contributed by atoms with E-state index >= 15 is 0 Å². The predicted octanol–water partition coefficient (Wildman–Crippen LogP) is 0.428. The van der Waals surface area contributed by atoms with E-state index < -0.39 is 10.0 Å². The number of nitrogen functional groups attached to an aromatic ring is 1. The highest BCUT2D eigenvalue weighted by Crippen LogP contribution is 2.13. The summed E-state index contributed by atoms with van der Waals surface area (Å²) in [6.07, 6.45) is 5.09. The van der Waals surface area contributed by atoms with Crippen LogP contribution in [-0.2, 0) is 10.0 Å². The number of hydrogen-bond donors (Lipinski definition) is 2. The normalized spacial score (nSPS) is 17.5. The molecule has 0 bridgehead atoms. The fourth-order valence-corrected chi connectivity index (χ4v) is 3.29. The molecule has 1 aromatic heterocycles. The van der Waals surface area contributed by atoms with E-state index in [1.807, 2.05) is 0 Å². The van der Waals surface area contributed by atoms with Crippen molar-refractivity contribution in [3.05, 3.63) is 18.3 Å². The molecule has 0 saturated carbocycles. The van der Waals surface area contributed by atoms with Gasteiger partial charge in [-0.3, -0.25) is 0 Å². The van der Waals surface area contributed by atoms with Gasteiger partial charge in [0.05, 0.1) is 5.69 Å². The number of aromatic nitrogens is 1. The van der Waals surface area contributed by atoms with Crippen LogP contribution in [0.4, 0.5) is 5.69 Å². The monoisotopic (exact) mass is 284 g/mol. The fraction of sp³-hybridized carbons (Fsp3) is 0.583. The van der Waals surface area contributed by atoms with Gasteiger partial charge >= 0.3 is 0 Å². The van der Waals surface area contributed by atoms with Crippen LogP contribution in [0.5, 0.6) is 0 Å². The van der Waals surface area contributed by atoms with Crippen molar-refractivity contribution in [3.8, 4) is 0 Å². The lowest BCUT2D eigenvalue weighted by Crippen LogP contribution is -2.38. The average molecular weight is 284 g/mol. The number of rotatable bonds is 5. The Balaban J connectivity index is 1.89. The molecule has 1 aliphatic heterocycles. The van der Waals surface area contributed by atoms with Crippen molar-refractivity contribution in [1.29, 1.82) is 0 Å². The first-order chi connectivity index (χ1) is 9.09. The Morgan fingerprint density at radius 1 is 1.32 bits per heavy atom. The highest BCUT2D eigenvalue weighted by Gasteiger charge is 2.18. The molecule has 1 fully saturated rings. The fourth-order valence-electron chi connectivity index (χ4n) is 2.22. The molecule has 0 aliphatic carbocycles. The van der Waals surface area contributed by atoms with E-state index in [0.717, 1.165) is 19.6 Å². The van der Waals surface area contributed by atoms with E-state index in [-0.39, 0.29) is 10.7 Å². The molecule has 0 atom stereocenters. The van der Waals surface area contributed by atoms with Crippen LogP contribution in [0.15, 0.2) is 23.4 Å². The second-order valence-corrected chi connectivity index (χ2v) is 6.38. The predicted molar refractivity (Wildman–Crippen MR) is 74.1 cm³/mol. The highest BCUT2D eigenvalue weighted by molar-refractivity contribution is 7.89. The summed E-state index contributed by atoms with van der Waals surface area (Å²) < 4.78 is 26.6. The van der Waals surface area contributed by atoms with Gasteiger partial charge in [-0.25, -0.2) is 18.1 Å². The summed E-state index contributed by atoms with van der Waals surface area (Å²) in [4.78, 5) is 6.10. The molecule has 2 rings (SSSR count). The van der Waals surface area contributed by atoms with Gasteiger partial charge < -0.3 is 10.6 Å². The van der Waals surface area contributed by atoms with Crippen LogP contribution in [0.3, 0.4) is 0 Å². The summed E-state index contributed by atoms with van der Waals surface area (Å²) in [5.74, 6) is 0. The third-order valence-electron chi connectivity index (χ3n) is 3.22. The summed E-state index contributed by atoms with van der Waals surface area (Å²) in [6.45, 7) is 3.21. The van der Waals surface area contributed by atoms with Crippen molar-refractivity contribution in [3.63, 3.8) is 0 Å². The molecule has 7 heteroatoms. The first kappa shape index (κ1) is 14.2. The molecule has 0 aromatic carbocycles. The standard InChI is InChI=1S/C12H20N4O2S/c13-11-5-4-6-14-12(11)19(17,18)15-7-10-16-8-2-1-3-9-16/h4-6,15H,1-3,7-10,13H2. The number of sulfonamides is 1. The maximum absolute atomic E-state index is 12.0. The molecule has 1 aliphatic rings. The zero-order valence-corrected chi connectivity index (χ0v) is 11.7. The molecular weight excluding hydrogens is 264 g/mol. The van der Waals surface area contributed by atoms with Crippen LogP contribution >= 0.6 is 0 Å². The number of nitrogens with one attached hydrogen (secondary N) is 1. The minimum Gasteiger partial charge on any atom is -0.396 e. The van der Waals surface area contributed by atoms with Crippen molar-refractivity contribution in [2.45, 2.75) is 24.3 Å². The Morgan fingerprint density at radius 3 is 2.74 bits per heavy atom. The topological polar surface area (TPSA) is 88.3 Å². The van der Waals surface area contributed by atoms with Crippen LogP contribution < -0.4 is 10.5 Å². The molecule has 1 aromatic rings. The molecule has 2 heterocycles. The third kappa shape index (κ3) is 3.89. The number of piperidine rings is 1. The van der Waals surface area contributed by atoms with Crippen molar-refractivity contribution >= 4 is 15.7 Å².